The zero-order valence-electron chi connectivity index (χ0n) is 13.5. The second kappa shape index (κ2) is 6.97. The molecule has 0 unspecified atom stereocenters. The van der Waals surface area contributed by atoms with Crippen LogP contribution in [0.5, 0.6) is 0 Å². The molecular formula is C18H21N3O2S. The van der Waals surface area contributed by atoms with Gasteiger partial charge in [-0.15, -0.1) is 10.2 Å². The lowest BCUT2D eigenvalue weighted by atomic mass is 9.95. The number of nitrogens with one attached hydrogen (secondary N) is 1. The minimum atomic E-state index is 0.0698. The zero-order chi connectivity index (χ0) is 16.4. The Balaban J connectivity index is 1.25. The van der Waals surface area contributed by atoms with Gasteiger partial charge < -0.3 is 9.73 Å². The number of thioether (sulfide) groups is 1. The normalized spacial score (nSPS) is 25.1. The molecule has 24 heavy (non-hydrogen) atoms. The van der Waals surface area contributed by atoms with Gasteiger partial charge in [0.25, 0.3) is 5.22 Å². The van der Waals surface area contributed by atoms with Crippen LogP contribution in [-0.4, -0.2) is 27.9 Å². The molecule has 3 atom stereocenters. The Hall–Kier alpha value is -1.82. The monoisotopic (exact) mass is 343 g/mol. The topological polar surface area (TPSA) is 68.0 Å². The van der Waals surface area contributed by atoms with E-state index in [1.807, 2.05) is 30.3 Å². The van der Waals surface area contributed by atoms with Crippen LogP contribution in [0.2, 0.25) is 0 Å². The Morgan fingerprint density at radius 1 is 1.21 bits per heavy atom. The fraction of sp³-hybridized carbons (Fsp3) is 0.500. The molecule has 0 radical (unpaired) electrons. The summed E-state index contributed by atoms with van der Waals surface area (Å²) in [6.07, 6.45) is 5.69. The molecule has 126 valence electrons. The summed E-state index contributed by atoms with van der Waals surface area (Å²) in [6.45, 7) is 0. The fourth-order valence-electron chi connectivity index (χ4n) is 3.94. The van der Waals surface area contributed by atoms with Gasteiger partial charge in [-0.05, 0) is 36.7 Å². The first-order valence-electron chi connectivity index (χ1n) is 8.55. The second-order valence-corrected chi connectivity index (χ2v) is 7.69. The molecule has 6 heteroatoms. The maximum Gasteiger partial charge on any atom is 0.277 e. The number of hydrogen-bond acceptors (Lipinski definition) is 5. The summed E-state index contributed by atoms with van der Waals surface area (Å²) >= 11 is 1.31. The van der Waals surface area contributed by atoms with E-state index in [-0.39, 0.29) is 5.91 Å². The zero-order valence-corrected chi connectivity index (χ0v) is 14.3. The van der Waals surface area contributed by atoms with Gasteiger partial charge in [0.1, 0.15) is 0 Å². The lowest BCUT2D eigenvalue weighted by Gasteiger charge is -2.22. The number of carbonyl (C=O) groups is 1. The molecule has 1 amide bonds. The molecule has 0 spiro atoms. The van der Waals surface area contributed by atoms with Gasteiger partial charge >= 0.3 is 0 Å². The minimum absolute atomic E-state index is 0.0698. The molecule has 0 saturated heterocycles. The first kappa shape index (κ1) is 15.7. The van der Waals surface area contributed by atoms with Crippen molar-refractivity contribution in [1.29, 1.82) is 0 Å². The second-order valence-electron chi connectivity index (χ2n) is 6.76. The maximum atomic E-state index is 12.1. The highest BCUT2D eigenvalue weighted by atomic mass is 32.2. The third-order valence-electron chi connectivity index (χ3n) is 5.06. The predicted octanol–water partition coefficient (Wildman–Crippen LogP) is 3.06. The van der Waals surface area contributed by atoms with Crippen LogP contribution in [0.1, 0.15) is 37.1 Å². The van der Waals surface area contributed by atoms with E-state index in [0.29, 0.717) is 35.2 Å². The van der Waals surface area contributed by atoms with E-state index >= 15 is 0 Å². The lowest BCUT2D eigenvalue weighted by molar-refractivity contribution is -0.119. The van der Waals surface area contributed by atoms with Gasteiger partial charge in [-0.1, -0.05) is 48.5 Å². The number of fused-ring (bicyclic) bond motifs is 2. The van der Waals surface area contributed by atoms with Crippen molar-refractivity contribution in [3.8, 4) is 0 Å². The van der Waals surface area contributed by atoms with E-state index in [2.05, 4.69) is 15.5 Å². The third kappa shape index (κ3) is 3.64. The molecule has 4 rings (SSSR count). The van der Waals surface area contributed by atoms with Crippen molar-refractivity contribution in [1.82, 2.24) is 15.5 Å². The van der Waals surface area contributed by atoms with Crippen LogP contribution in [0.15, 0.2) is 40.0 Å². The molecule has 2 aliphatic rings. The van der Waals surface area contributed by atoms with Crippen molar-refractivity contribution in [3.05, 3.63) is 41.8 Å². The van der Waals surface area contributed by atoms with Crippen LogP contribution in [0.3, 0.4) is 0 Å². The number of benzene rings is 1. The minimum Gasteiger partial charge on any atom is -0.416 e. The summed E-state index contributed by atoms with van der Waals surface area (Å²) in [5.74, 6) is 2.52. The molecule has 2 fully saturated rings. The SMILES string of the molecule is O=C(CSc1nnc(Cc2ccccc2)o1)N[C@@H]1C[C@H]2CC[C@@H]1C2. The highest BCUT2D eigenvalue weighted by molar-refractivity contribution is 7.99. The molecule has 5 nitrogen and oxygen atoms in total. The molecule has 1 aromatic heterocycles. The lowest BCUT2D eigenvalue weighted by Crippen LogP contribution is -2.39. The van der Waals surface area contributed by atoms with Crippen LogP contribution in [0, 0.1) is 11.8 Å². The van der Waals surface area contributed by atoms with Crippen LogP contribution >= 0.6 is 11.8 Å². The van der Waals surface area contributed by atoms with Crippen molar-refractivity contribution in [3.63, 3.8) is 0 Å². The summed E-state index contributed by atoms with van der Waals surface area (Å²) in [4.78, 5) is 12.1. The molecule has 0 aliphatic heterocycles. The van der Waals surface area contributed by atoms with Gasteiger partial charge in [-0.3, -0.25) is 4.79 Å². The summed E-state index contributed by atoms with van der Waals surface area (Å²) in [5.41, 5.74) is 1.13. The maximum absolute atomic E-state index is 12.1. The van der Waals surface area contributed by atoms with Gasteiger partial charge in [0.15, 0.2) is 0 Å². The van der Waals surface area contributed by atoms with Gasteiger partial charge in [-0.2, -0.15) is 0 Å². The quantitative estimate of drug-likeness (QED) is 0.817. The summed E-state index contributed by atoms with van der Waals surface area (Å²) in [5, 5.41) is 11.7. The number of rotatable bonds is 6. The highest BCUT2D eigenvalue weighted by Gasteiger charge is 2.40. The van der Waals surface area contributed by atoms with Crippen molar-refractivity contribution < 1.29 is 9.21 Å². The van der Waals surface area contributed by atoms with E-state index in [9.17, 15) is 4.79 Å². The number of carbonyl (C=O) groups excluding carboxylic acids is 1. The van der Waals surface area contributed by atoms with Gasteiger partial charge in [0.2, 0.25) is 11.8 Å². The Labute approximate surface area is 145 Å². The highest BCUT2D eigenvalue weighted by Crippen LogP contribution is 2.44. The van der Waals surface area contributed by atoms with Crippen LogP contribution in [0.4, 0.5) is 0 Å². The van der Waals surface area contributed by atoms with Crippen LogP contribution in [-0.2, 0) is 11.2 Å². The largest absolute Gasteiger partial charge is 0.416 e. The predicted molar refractivity (Wildman–Crippen MR) is 91.6 cm³/mol. The van der Waals surface area contributed by atoms with Gasteiger partial charge in [-0.25, -0.2) is 0 Å². The van der Waals surface area contributed by atoms with Crippen molar-refractivity contribution in [2.24, 2.45) is 11.8 Å². The van der Waals surface area contributed by atoms with E-state index in [1.54, 1.807) is 0 Å². The molecule has 1 N–H and O–H groups in total. The van der Waals surface area contributed by atoms with Gasteiger partial charge in [0.05, 0.1) is 12.2 Å². The average Bonchev–Trinajstić information content (AvgIpc) is 3.31. The van der Waals surface area contributed by atoms with Gasteiger partial charge in [0, 0.05) is 6.04 Å². The van der Waals surface area contributed by atoms with Crippen LogP contribution in [0.25, 0.3) is 0 Å². The summed E-state index contributed by atoms with van der Waals surface area (Å²) in [6, 6.07) is 10.4. The Kier molecular flexibility index (Phi) is 4.56. The number of nitrogens with zero attached hydrogens (tertiary/aromatic N) is 2. The molecule has 2 saturated carbocycles. The fourth-order valence-corrected chi connectivity index (χ4v) is 4.53. The van der Waals surface area contributed by atoms with E-state index in [0.717, 1.165) is 17.9 Å². The van der Waals surface area contributed by atoms with Crippen LogP contribution < -0.4 is 5.32 Å². The molecule has 1 aromatic carbocycles. The first-order chi connectivity index (χ1) is 11.8. The average molecular weight is 343 g/mol. The van der Waals surface area contributed by atoms with Crippen molar-refractivity contribution in [2.75, 3.05) is 5.75 Å². The molecule has 1 heterocycles. The smallest absolute Gasteiger partial charge is 0.277 e. The van der Waals surface area contributed by atoms with E-state index in [4.69, 9.17) is 4.42 Å². The third-order valence-corrected chi connectivity index (χ3v) is 5.88. The van der Waals surface area contributed by atoms with Crippen molar-refractivity contribution in [2.45, 2.75) is 43.4 Å². The van der Waals surface area contributed by atoms with Crippen molar-refractivity contribution >= 4 is 17.7 Å². The number of aromatic nitrogens is 2. The molecular weight excluding hydrogens is 322 g/mol. The summed E-state index contributed by atoms with van der Waals surface area (Å²) in [7, 11) is 0. The number of hydrogen-bond donors (Lipinski definition) is 1. The summed E-state index contributed by atoms with van der Waals surface area (Å²) < 4.78 is 5.62. The van der Waals surface area contributed by atoms with E-state index < -0.39 is 0 Å². The number of amides is 1. The molecule has 2 aliphatic carbocycles. The molecule has 2 bridgehead atoms. The van der Waals surface area contributed by atoms with E-state index in [1.165, 1.54) is 31.0 Å². The Morgan fingerprint density at radius 3 is 2.83 bits per heavy atom. The first-order valence-corrected chi connectivity index (χ1v) is 9.53. The molecule has 2 aromatic rings. The standard InChI is InChI=1S/C18H21N3O2S/c22-16(19-15-9-13-6-7-14(15)8-13)11-24-18-21-20-17(23-18)10-12-4-2-1-3-5-12/h1-5,13-15H,6-11H2,(H,19,22)/t13-,14+,15+/m0/s1. The Morgan fingerprint density at radius 2 is 2.08 bits per heavy atom. The Bertz CT molecular complexity index is 703.